The summed E-state index contributed by atoms with van der Waals surface area (Å²) in [5, 5.41) is 3.05. The van der Waals surface area contributed by atoms with Gasteiger partial charge in [-0.2, -0.15) is 0 Å². The SMILES string of the molecule is Cc1ccnc(NC(=O)[C@@H]2c3ccccc3C(=O)N(CC(C)C)C23CCCC3)c1. The summed E-state index contributed by atoms with van der Waals surface area (Å²) in [6.07, 6.45) is 5.50. The van der Waals surface area contributed by atoms with Crippen molar-refractivity contribution < 1.29 is 9.59 Å². The van der Waals surface area contributed by atoms with Crippen LogP contribution in [0.4, 0.5) is 5.82 Å². The standard InChI is InChI=1S/C24H29N3O2/c1-16(2)15-27-23(29)19-9-5-4-8-18(19)21(24(27)11-6-7-12-24)22(28)26-20-14-17(3)10-13-25-20/h4-5,8-10,13-14,16,21H,6-7,11-12,15H2,1-3H3,(H,25,26,28)/t21-/m0/s1. The highest BCUT2D eigenvalue weighted by atomic mass is 16.2. The molecule has 4 rings (SSSR count). The van der Waals surface area contributed by atoms with Gasteiger partial charge in [0.1, 0.15) is 5.82 Å². The summed E-state index contributed by atoms with van der Waals surface area (Å²) >= 11 is 0. The molecule has 152 valence electrons. The lowest BCUT2D eigenvalue weighted by Crippen LogP contribution is -2.60. The van der Waals surface area contributed by atoms with Crippen LogP contribution in [0, 0.1) is 12.8 Å². The number of hydrogen-bond acceptors (Lipinski definition) is 3. The summed E-state index contributed by atoms with van der Waals surface area (Å²) < 4.78 is 0. The molecule has 5 heteroatoms. The molecular weight excluding hydrogens is 362 g/mol. The van der Waals surface area contributed by atoms with Gasteiger partial charge in [-0.1, -0.05) is 44.9 Å². The van der Waals surface area contributed by atoms with Crippen molar-refractivity contribution in [2.24, 2.45) is 5.92 Å². The molecule has 1 saturated carbocycles. The van der Waals surface area contributed by atoms with E-state index in [-0.39, 0.29) is 17.7 Å². The van der Waals surface area contributed by atoms with Gasteiger partial charge in [-0.15, -0.1) is 0 Å². The van der Waals surface area contributed by atoms with Gasteiger partial charge in [0.25, 0.3) is 5.91 Å². The molecule has 2 aromatic rings. The summed E-state index contributed by atoms with van der Waals surface area (Å²) in [6.45, 7) is 6.90. The smallest absolute Gasteiger partial charge is 0.254 e. The predicted octanol–water partition coefficient (Wildman–Crippen LogP) is 4.54. The van der Waals surface area contributed by atoms with Crippen LogP contribution in [-0.4, -0.2) is 33.8 Å². The quantitative estimate of drug-likeness (QED) is 0.832. The number of hydrogen-bond donors (Lipinski definition) is 1. The minimum absolute atomic E-state index is 0.0638. The molecule has 29 heavy (non-hydrogen) atoms. The second-order valence-electron chi connectivity index (χ2n) is 8.85. The molecule has 0 bridgehead atoms. The molecule has 2 aliphatic rings. The number of amides is 2. The van der Waals surface area contributed by atoms with Gasteiger partial charge < -0.3 is 10.2 Å². The molecule has 1 aliphatic carbocycles. The maximum absolute atomic E-state index is 13.7. The number of pyridine rings is 1. The van der Waals surface area contributed by atoms with Gasteiger partial charge in [0.2, 0.25) is 5.91 Å². The highest BCUT2D eigenvalue weighted by Gasteiger charge is 2.55. The average Bonchev–Trinajstić information content (AvgIpc) is 3.15. The van der Waals surface area contributed by atoms with Crippen molar-refractivity contribution in [3.8, 4) is 0 Å². The Morgan fingerprint density at radius 1 is 1.24 bits per heavy atom. The van der Waals surface area contributed by atoms with Gasteiger partial charge in [-0.25, -0.2) is 4.98 Å². The average molecular weight is 392 g/mol. The topological polar surface area (TPSA) is 62.3 Å². The van der Waals surface area contributed by atoms with E-state index < -0.39 is 5.54 Å². The van der Waals surface area contributed by atoms with Crippen LogP contribution in [0.1, 0.15) is 66.9 Å². The molecule has 0 radical (unpaired) electrons. The van der Waals surface area contributed by atoms with E-state index in [4.69, 9.17) is 0 Å². The van der Waals surface area contributed by atoms with E-state index in [9.17, 15) is 9.59 Å². The lowest BCUT2D eigenvalue weighted by molar-refractivity contribution is -0.121. The van der Waals surface area contributed by atoms with Gasteiger partial charge in [0.05, 0.1) is 11.5 Å². The molecule has 2 amide bonds. The molecule has 1 N–H and O–H groups in total. The largest absolute Gasteiger partial charge is 0.332 e. The number of benzene rings is 1. The normalized spacial score (nSPS) is 20.2. The summed E-state index contributed by atoms with van der Waals surface area (Å²) in [7, 11) is 0. The minimum Gasteiger partial charge on any atom is -0.332 e. The van der Waals surface area contributed by atoms with Crippen LogP contribution in [0.25, 0.3) is 0 Å². The zero-order chi connectivity index (χ0) is 20.6. The van der Waals surface area contributed by atoms with Crippen LogP contribution < -0.4 is 5.32 Å². The summed E-state index contributed by atoms with van der Waals surface area (Å²) in [5.41, 5.74) is 2.10. The van der Waals surface area contributed by atoms with Crippen molar-refractivity contribution in [2.75, 3.05) is 11.9 Å². The highest BCUT2D eigenvalue weighted by Crippen LogP contribution is 2.50. The molecule has 1 aliphatic heterocycles. The van der Waals surface area contributed by atoms with Crippen molar-refractivity contribution in [1.82, 2.24) is 9.88 Å². The number of fused-ring (bicyclic) bond motifs is 1. The Balaban J connectivity index is 1.81. The van der Waals surface area contributed by atoms with E-state index in [2.05, 4.69) is 24.1 Å². The summed E-state index contributed by atoms with van der Waals surface area (Å²) in [6, 6.07) is 11.4. The first kappa shape index (κ1) is 19.6. The maximum Gasteiger partial charge on any atom is 0.254 e. The highest BCUT2D eigenvalue weighted by molar-refractivity contribution is 6.05. The minimum atomic E-state index is -0.455. The van der Waals surface area contributed by atoms with Crippen LogP contribution in [0.2, 0.25) is 0 Å². The molecular formula is C24H29N3O2. The van der Waals surface area contributed by atoms with E-state index in [0.717, 1.165) is 36.8 Å². The lowest BCUT2D eigenvalue weighted by atomic mass is 9.70. The van der Waals surface area contributed by atoms with Gasteiger partial charge in [-0.3, -0.25) is 9.59 Å². The van der Waals surface area contributed by atoms with E-state index in [1.807, 2.05) is 48.2 Å². The molecule has 0 saturated heterocycles. The first-order valence-corrected chi connectivity index (χ1v) is 10.6. The van der Waals surface area contributed by atoms with Crippen LogP contribution in [0.15, 0.2) is 42.6 Å². The maximum atomic E-state index is 13.7. The number of carbonyl (C=O) groups is 2. The van der Waals surface area contributed by atoms with E-state index in [1.54, 1.807) is 6.20 Å². The van der Waals surface area contributed by atoms with Crippen LogP contribution in [-0.2, 0) is 4.79 Å². The Hall–Kier alpha value is -2.69. The van der Waals surface area contributed by atoms with Crippen molar-refractivity contribution in [3.05, 3.63) is 59.3 Å². The van der Waals surface area contributed by atoms with Crippen molar-refractivity contribution in [3.63, 3.8) is 0 Å². The number of rotatable bonds is 4. The van der Waals surface area contributed by atoms with Gasteiger partial charge in [0, 0.05) is 18.3 Å². The van der Waals surface area contributed by atoms with Gasteiger partial charge in [-0.05, 0) is 55.0 Å². The van der Waals surface area contributed by atoms with Crippen molar-refractivity contribution in [2.45, 2.75) is 57.9 Å². The fourth-order valence-electron chi connectivity index (χ4n) is 5.10. The second-order valence-corrected chi connectivity index (χ2v) is 8.85. The molecule has 1 aromatic heterocycles. The third-order valence-corrected chi connectivity index (χ3v) is 6.27. The second kappa shape index (κ2) is 7.62. The fraction of sp³-hybridized carbons (Fsp3) is 0.458. The molecule has 1 atom stereocenters. The van der Waals surface area contributed by atoms with Gasteiger partial charge >= 0.3 is 0 Å². The zero-order valence-electron chi connectivity index (χ0n) is 17.4. The predicted molar refractivity (Wildman–Crippen MR) is 114 cm³/mol. The lowest BCUT2D eigenvalue weighted by Gasteiger charge is -2.50. The van der Waals surface area contributed by atoms with E-state index in [0.29, 0.717) is 23.8 Å². The van der Waals surface area contributed by atoms with Gasteiger partial charge in [0.15, 0.2) is 0 Å². The molecule has 1 fully saturated rings. The molecule has 2 heterocycles. The Labute approximate surface area is 172 Å². The number of nitrogens with zero attached hydrogens (tertiary/aromatic N) is 2. The third kappa shape index (κ3) is 3.43. The monoisotopic (exact) mass is 391 g/mol. The summed E-state index contributed by atoms with van der Waals surface area (Å²) in [4.78, 5) is 33.4. The van der Waals surface area contributed by atoms with E-state index in [1.165, 1.54) is 0 Å². The number of aryl methyl sites for hydroxylation is 1. The Bertz CT molecular complexity index is 931. The Morgan fingerprint density at radius 2 is 1.97 bits per heavy atom. The first-order chi connectivity index (χ1) is 13.9. The van der Waals surface area contributed by atoms with Crippen LogP contribution >= 0.6 is 0 Å². The number of carbonyl (C=O) groups excluding carboxylic acids is 2. The molecule has 0 unspecified atom stereocenters. The third-order valence-electron chi connectivity index (χ3n) is 6.27. The Morgan fingerprint density at radius 3 is 2.66 bits per heavy atom. The number of aromatic nitrogens is 1. The first-order valence-electron chi connectivity index (χ1n) is 10.6. The number of anilines is 1. The molecule has 1 aromatic carbocycles. The fourth-order valence-corrected chi connectivity index (χ4v) is 5.10. The van der Waals surface area contributed by atoms with Crippen molar-refractivity contribution >= 4 is 17.6 Å². The zero-order valence-corrected chi connectivity index (χ0v) is 17.4. The number of nitrogens with one attached hydrogen (secondary N) is 1. The van der Waals surface area contributed by atoms with Crippen LogP contribution in [0.5, 0.6) is 0 Å². The molecule has 5 nitrogen and oxygen atoms in total. The van der Waals surface area contributed by atoms with E-state index >= 15 is 0 Å². The van der Waals surface area contributed by atoms with Crippen molar-refractivity contribution in [1.29, 1.82) is 0 Å². The molecule has 1 spiro atoms. The Kier molecular flexibility index (Phi) is 5.15. The summed E-state index contributed by atoms with van der Waals surface area (Å²) in [5.74, 6) is 0.504. The van der Waals surface area contributed by atoms with Crippen LogP contribution in [0.3, 0.4) is 0 Å².